The van der Waals surface area contributed by atoms with Gasteiger partial charge in [0.25, 0.3) is 0 Å². The number of terminal acetylenes is 1. The highest BCUT2D eigenvalue weighted by Gasteiger charge is 2.23. The van der Waals surface area contributed by atoms with Crippen molar-refractivity contribution in [1.82, 2.24) is 19.8 Å². The van der Waals surface area contributed by atoms with Crippen molar-refractivity contribution in [3.8, 4) is 12.3 Å². The highest BCUT2D eigenvalue weighted by molar-refractivity contribution is 5.80. The number of carbonyl (C=O) groups excluding carboxylic acids is 2. The van der Waals surface area contributed by atoms with Gasteiger partial charge < -0.3 is 19.9 Å². The zero-order chi connectivity index (χ0) is 23.4. The molecule has 0 radical (unpaired) electrons. The summed E-state index contributed by atoms with van der Waals surface area (Å²) in [7, 11) is 3.76. The number of anilines is 3. The molecule has 2 aliphatic heterocycles. The van der Waals surface area contributed by atoms with E-state index in [0.717, 1.165) is 37.1 Å². The molecule has 0 spiro atoms. The molecule has 1 amide bonds. The third-order valence-corrected chi connectivity index (χ3v) is 6.00. The van der Waals surface area contributed by atoms with E-state index in [9.17, 15) is 9.59 Å². The number of rotatable bonds is 7. The molecule has 2 aromatic heterocycles. The Kier molecular flexibility index (Phi) is 6.87. The lowest BCUT2D eigenvalue weighted by Gasteiger charge is -2.32. The van der Waals surface area contributed by atoms with E-state index < -0.39 is 0 Å². The van der Waals surface area contributed by atoms with E-state index in [1.807, 2.05) is 37.2 Å². The summed E-state index contributed by atoms with van der Waals surface area (Å²) in [4.78, 5) is 38.7. The number of aldehydes is 1. The summed E-state index contributed by atoms with van der Waals surface area (Å²) >= 11 is 0. The molecule has 0 aliphatic carbocycles. The van der Waals surface area contributed by atoms with Gasteiger partial charge in [-0.1, -0.05) is 12.0 Å². The second kappa shape index (κ2) is 9.98. The summed E-state index contributed by atoms with van der Waals surface area (Å²) in [6, 6.07) is 5.76. The van der Waals surface area contributed by atoms with E-state index in [1.54, 1.807) is 16.0 Å². The van der Waals surface area contributed by atoms with Crippen molar-refractivity contribution in [3.63, 3.8) is 0 Å². The molecule has 2 saturated heterocycles. The van der Waals surface area contributed by atoms with Crippen LogP contribution in [0.4, 0.5) is 17.3 Å². The lowest BCUT2D eigenvalue weighted by Crippen LogP contribution is -2.48. The van der Waals surface area contributed by atoms with E-state index in [-0.39, 0.29) is 11.9 Å². The van der Waals surface area contributed by atoms with Gasteiger partial charge in [0.1, 0.15) is 17.3 Å². The Morgan fingerprint density at radius 2 is 2.21 bits per heavy atom. The molecule has 33 heavy (non-hydrogen) atoms. The molecular weight excluding hydrogens is 420 g/mol. The number of nitrogens with one attached hydrogen (secondary N) is 1. The lowest BCUT2D eigenvalue weighted by molar-refractivity contribution is -0.136. The number of hydrogen-bond donors (Lipinski definition) is 1. The van der Waals surface area contributed by atoms with Crippen molar-refractivity contribution in [2.45, 2.75) is 19.0 Å². The zero-order valence-corrected chi connectivity index (χ0v) is 19.0. The van der Waals surface area contributed by atoms with Crippen molar-refractivity contribution in [3.05, 3.63) is 41.2 Å². The molecule has 0 aromatic carbocycles. The van der Waals surface area contributed by atoms with E-state index in [2.05, 4.69) is 21.2 Å². The molecule has 1 N–H and O–H groups in total. The second-order valence-corrected chi connectivity index (χ2v) is 8.38. The fourth-order valence-corrected chi connectivity index (χ4v) is 3.96. The number of aromatic nitrogens is 2. The van der Waals surface area contributed by atoms with E-state index in [4.69, 9.17) is 11.2 Å². The van der Waals surface area contributed by atoms with Crippen LogP contribution in [0.15, 0.2) is 24.4 Å². The maximum Gasteiger partial charge on any atom is 0.237 e. The maximum atomic E-state index is 12.3. The number of hydrogen-bond acceptors (Lipinski definition) is 8. The quantitative estimate of drug-likeness (QED) is 0.504. The Balaban J connectivity index is 1.54. The monoisotopic (exact) mass is 448 g/mol. The topological polar surface area (TPSA) is 90.9 Å². The fourth-order valence-electron chi connectivity index (χ4n) is 3.96. The Bertz CT molecular complexity index is 1080. The molecular formula is C24H28N6O3. The highest BCUT2D eigenvalue weighted by Crippen LogP contribution is 2.27. The van der Waals surface area contributed by atoms with Crippen LogP contribution in [0.5, 0.6) is 0 Å². The molecule has 2 aromatic rings. The summed E-state index contributed by atoms with van der Waals surface area (Å²) in [5.41, 5.74) is 2.52. The van der Waals surface area contributed by atoms with Gasteiger partial charge in [0.05, 0.1) is 30.4 Å². The molecule has 2 fully saturated rings. The molecule has 4 rings (SSSR count). The van der Waals surface area contributed by atoms with Crippen LogP contribution < -0.4 is 10.2 Å². The number of piperazine rings is 1. The number of likely N-dealkylation sites (N-methyl/N-ethyl adjacent to an activating group) is 1. The number of nitrogens with zero attached hydrogens (tertiary/aromatic N) is 5. The standard InChI is InChI=1S/C24H28N6O3/c1-4-17-12-25-23(11-20(17)26-19-7-10-33-16-19)29(3)22-6-5-18(21(15-31)27-22)13-30-9-8-28(2)14-24(30)32/h1,5-6,11-12,15,19H,7-10,13-14,16H2,2-3H3,(H,25,26). The highest BCUT2D eigenvalue weighted by atomic mass is 16.5. The van der Waals surface area contributed by atoms with E-state index in [1.165, 1.54) is 0 Å². The van der Waals surface area contributed by atoms with Gasteiger partial charge in [-0.3, -0.25) is 14.5 Å². The molecule has 9 heteroatoms. The van der Waals surface area contributed by atoms with Crippen LogP contribution >= 0.6 is 0 Å². The van der Waals surface area contributed by atoms with Gasteiger partial charge >= 0.3 is 0 Å². The molecule has 0 saturated carbocycles. The summed E-state index contributed by atoms with van der Waals surface area (Å²) in [5.74, 6) is 3.92. The van der Waals surface area contributed by atoms with Gasteiger partial charge in [0, 0.05) is 51.1 Å². The molecule has 4 heterocycles. The minimum absolute atomic E-state index is 0.0484. The van der Waals surface area contributed by atoms with Crippen LogP contribution in [-0.2, 0) is 16.1 Å². The first kappa shape index (κ1) is 22.7. The van der Waals surface area contributed by atoms with Crippen molar-refractivity contribution in [2.75, 3.05) is 57.2 Å². The molecule has 2 aliphatic rings. The number of carbonyl (C=O) groups is 2. The largest absolute Gasteiger partial charge is 0.379 e. The van der Waals surface area contributed by atoms with Gasteiger partial charge in [-0.2, -0.15) is 0 Å². The predicted molar refractivity (Wildman–Crippen MR) is 126 cm³/mol. The molecule has 1 atom stereocenters. The predicted octanol–water partition coefficient (Wildman–Crippen LogP) is 1.51. The van der Waals surface area contributed by atoms with Crippen LogP contribution in [0.3, 0.4) is 0 Å². The lowest BCUT2D eigenvalue weighted by atomic mass is 10.1. The average molecular weight is 449 g/mol. The molecule has 0 bridgehead atoms. The third-order valence-electron chi connectivity index (χ3n) is 6.00. The van der Waals surface area contributed by atoms with Crippen molar-refractivity contribution in [2.24, 2.45) is 0 Å². The first-order valence-corrected chi connectivity index (χ1v) is 10.9. The molecule has 172 valence electrons. The Labute approximate surface area is 193 Å². The maximum absolute atomic E-state index is 12.3. The van der Waals surface area contributed by atoms with Gasteiger partial charge in [0.15, 0.2) is 6.29 Å². The normalized spacial score (nSPS) is 18.8. The van der Waals surface area contributed by atoms with Crippen LogP contribution in [-0.4, -0.2) is 84.9 Å². The number of ether oxygens (including phenoxy) is 1. The first-order chi connectivity index (χ1) is 16.0. The summed E-state index contributed by atoms with van der Waals surface area (Å²) in [6.07, 6.45) is 8.95. The SMILES string of the molecule is C#Cc1cnc(N(C)c2ccc(CN3CCN(C)CC3=O)c(C=O)n2)cc1NC1CCOC1. The Morgan fingerprint density at radius 3 is 2.91 bits per heavy atom. The van der Waals surface area contributed by atoms with Gasteiger partial charge in [0.2, 0.25) is 5.91 Å². The molecule has 1 unspecified atom stereocenters. The van der Waals surface area contributed by atoms with Crippen LogP contribution in [0, 0.1) is 12.3 Å². The van der Waals surface area contributed by atoms with Crippen molar-refractivity contribution >= 4 is 29.5 Å². The van der Waals surface area contributed by atoms with Gasteiger partial charge in [-0.25, -0.2) is 9.97 Å². The smallest absolute Gasteiger partial charge is 0.237 e. The Morgan fingerprint density at radius 1 is 1.36 bits per heavy atom. The second-order valence-electron chi connectivity index (χ2n) is 8.38. The van der Waals surface area contributed by atoms with Crippen LogP contribution in [0.1, 0.15) is 28.0 Å². The van der Waals surface area contributed by atoms with Crippen molar-refractivity contribution in [1.29, 1.82) is 0 Å². The Hall–Kier alpha value is -3.48. The third kappa shape index (κ3) is 5.13. The average Bonchev–Trinajstić information content (AvgIpc) is 3.33. The van der Waals surface area contributed by atoms with Crippen LogP contribution in [0.25, 0.3) is 0 Å². The summed E-state index contributed by atoms with van der Waals surface area (Å²) in [5, 5.41) is 3.44. The first-order valence-electron chi connectivity index (χ1n) is 10.9. The van der Waals surface area contributed by atoms with Gasteiger partial charge in [-0.15, -0.1) is 6.42 Å². The zero-order valence-electron chi connectivity index (χ0n) is 19.0. The van der Waals surface area contributed by atoms with E-state index in [0.29, 0.717) is 49.1 Å². The van der Waals surface area contributed by atoms with E-state index >= 15 is 0 Å². The summed E-state index contributed by atoms with van der Waals surface area (Å²) < 4.78 is 5.44. The van der Waals surface area contributed by atoms with Gasteiger partial charge in [-0.05, 0) is 19.5 Å². The minimum atomic E-state index is 0.0484. The number of amides is 1. The fraction of sp³-hybridized carbons (Fsp3) is 0.417. The molecule has 9 nitrogen and oxygen atoms in total. The van der Waals surface area contributed by atoms with Crippen LogP contribution in [0.2, 0.25) is 0 Å². The summed E-state index contributed by atoms with van der Waals surface area (Å²) in [6.45, 7) is 3.55. The minimum Gasteiger partial charge on any atom is -0.379 e. The number of pyridine rings is 2. The van der Waals surface area contributed by atoms with Crippen molar-refractivity contribution < 1.29 is 14.3 Å².